The van der Waals surface area contributed by atoms with Gasteiger partial charge in [-0.15, -0.1) is 0 Å². The largest absolute Gasteiger partial charge is 0.492 e. The average molecular weight is 349 g/mol. The average Bonchev–Trinajstić information content (AvgIpc) is 3.08. The molecule has 0 amide bonds. The van der Waals surface area contributed by atoms with Crippen LogP contribution in [0.25, 0.3) is 11.0 Å². The van der Waals surface area contributed by atoms with E-state index < -0.39 is 0 Å². The van der Waals surface area contributed by atoms with Gasteiger partial charge in [0.05, 0.1) is 0 Å². The minimum atomic E-state index is -0.278. The molecule has 0 saturated carbocycles. The summed E-state index contributed by atoms with van der Waals surface area (Å²) in [5, 5.41) is 1.06. The van der Waals surface area contributed by atoms with Crippen molar-refractivity contribution in [2.75, 3.05) is 20.2 Å². The zero-order valence-electron chi connectivity index (χ0n) is 15.0. The molecule has 4 nitrogen and oxygen atoms in total. The van der Waals surface area contributed by atoms with Crippen molar-refractivity contribution in [2.24, 2.45) is 0 Å². The normalized spacial score (nSPS) is 13.3. The zero-order valence-corrected chi connectivity index (χ0v) is 15.0. The van der Waals surface area contributed by atoms with E-state index >= 15 is 0 Å². The Hall–Kier alpha value is -2.59. The molecule has 2 aromatic carbocycles. The number of fused-ring (bicyclic) bond motifs is 2. The number of hydrogen-bond acceptors (Lipinski definition) is 4. The topological polar surface area (TPSA) is 42.7 Å². The van der Waals surface area contributed by atoms with Crippen molar-refractivity contribution in [1.82, 2.24) is 4.90 Å². The van der Waals surface area contributed by atoms with Crippen molar-refractivity contribution in [1.29, 1.82) is 0 Å². The molecule has 4 heteroatoms. The summed E-state index contributed by atoms with van der Waals surface area (Å²) in [5.41, 5.74) is 4.17. The van der Waals surface area contributed by atoms with E-state index in [1.165, 1.54) is 17.5 Å². The molecule has 1 aliphatic rings. The Balaban J connectivity index is 1.48. The van der Waals surface area contributed by atoms with Crippen LogP contribution in [0.1, 0.15) is 23.1 Å². The molecule has 1 aromatic heterocycles. The van der Waals surface area contributed by atoms with Crippen molar-refractivity contribution in [3.8, 4) is 5.75 Å². The third-order valence-electron chi connectivity index (χ3n) is 4.97. The minimum Gasteiger partial charge on any atom is -0.492 e. The Kier molecular flexibility index (Phi) is 4.76. The molecule has 3 aromatic rings. The standard InChI is InChI=1S/C22H23NO3/c1-23(10-11-25-19-8-3-2-4-9-19)15-18-14-22(24)26-21-13-17-7-5-6-16(17)12-20(18)21/h2-4,8-9,12-14H,5-7,10-11,15H2,1H3. The van der Waals surface area contributed by atoms with Crippen LogP contribution in [0.4, 0.5) is 0 Å². The van der Waals surface area contributed by atoms with E-state index in [1.54, 1.807) is 6.07 Å². The lowest BCUT2D eigenvalue weighted by Gasteiger charge is -2.18. The van der Waals surface area contributed by atoms with Crippen molar-refractivity contribution in [2.45, 2.75) is 25.8 Å². The Labute approximate surface area is 153 Å². The lowest BCUT2D eigenvalue weighted by molar-refractivity contribution is 0.233. The number of para-hydroxylation sites is 1. The number of likely N-dealkylation sites (N-methyl/N-ethyl adjacent to an activating group) is 1. The summed E-state index contributed by atoms with van der Waals surface area (Å²) in [6.07, 6.45) is 3.38. The Morgan fingerprint density at radius 3 is 2.65 bits per heavy atom. The van der Waals surface area contributed by atoms with Crippen LogP contribution in [0, 0.1) is 0 Å². The van der Waals surface area contributed by atoms with Gasteiger partial charge in [-0.25, -0.2) is 4.79 Å². The molecule has 0 bridgehead atoms. The van der Waals surface area contributed by atoms with E-state index in [0.717, 1.165) is 36.1 Å². The second kappa shape index (κ2) is 7.34. The van der Waals surface area contributed by atoms with Crippen molar-refractivity contribution < 1.29 is 9.15 Å². The number of nitrogens with zero attached hydrogens (tertiary/aromatic N) is 1. The highest BCUT2D eigenvalue weighted by Gasteiger charge is 2.15. The van der Waals surface area contributed by atoms with Gasteiger partial charge in [0.15, 0.2) is 0 Å². The van der Waals surface area contributed by atoms with Crippen LogP contribution >= 0.6 is 0 Å². The lowest BCUT2D eigenvalue weighted by atomic mass is 10.0. The van der Waals surface area contributed by atoms with E-state index in [2.05, 4.69) is 17.0 Å². The van der Waals surface area contributed by atoms with Gasteiger partial charge in [-0.2, -0.15) is 0 Å². The molecule has 4 rings (SSSR count). The molecule has 1 aliphatic carbocycles. The third-order valence-corrected chi connectivity index (χ3v) is 4.97. The highest BCUT2D eigenvalue weighted by molar-refractivity contribution is 5.82. The second-order valence-electron chi connectivity index (χ2n) is 6.96. The summed E-state index contributed by atoms with van der Waals surface area (Å²) < 4.78 is 11.2. The molecule has 1 heterocycles. The minimum absolute atomic E-state index is 0.278. The summed E-state index contributed by atoms with van der Waals surface area (Å²) in [6.45, 7) is 2.08. The van der Waals surface area contributed by atoms with Crippen LogP contribution in [0.3, 0.4) is 0 Å². The van der Waals surface area contributed by atoms with Crippen LogP contribution in [-0.2, 0) is 19.4 Å². The van der Waals surface area contributed by atoms with Crippen LogP contribution in [0.2, 0.25) is 0 Å². The van der Waals surface area contributed by atoms with Crippen LogP contribution in [0.15, 0.2) is 57.7 Å². The van der Waals surface area contributed by atoms with Crippen LogP contribution < -0.4 is 10.4 Å². The Morgan fingerprint density at radius 1 is 1.08 bits per heavy atom. The van der Waals surface area contributed by atoms with Gasteiger partial charge in [0.1, 0.15) is 17.9 Å². The number of aryl methyl sites for hydroxylation is 2. The molecule has 0 N–H and O–H groups in total. The third kappa shape index (κ3) is 3.65. The van der Waals surface area contributed by atoms with Gasteiger partial charge in [0.25, 0.3) is 0 Å². The molecule has 0 saturated heterocycles. The molecule has 26 heavy (non-hydrogen) atoms. The summed E-state index contributed by atoms with van der Waals surface area (Å²) in [7, 11) is 2.04. The quantitative estimate of drug-likeness (QED) is 0.635. The fourth-order valence-corrected chi connectivity index (χ4v) is 3.63. The number of ether oxygens (including phenoxy) is 1. The molecular formula is C22H23NO3. The highest BCUT2D eigenvalue weighted by Crippen LogP contribution is 2.28. The van der Waals surface area contributed by atoms with E-state index in [9.17, 15) is 4.79 Å². The van der Waals surface area contributed by atoms with Crippen molar-refractivity contribution in [3.05, 3.63) is 75.6 Å². The first-order chi connectivity index (χ1) is 12.7. The van der Waals surface area contributed by atoms with Crippen molar-refractivity contribution >= 4 is 11.0 Å². The maximum absolute atomic E-state index is 12.0. The van der Waals surface area contributed by atoms with Gasteiger partial charge in [0, 0.05) is 24.5 Å². The summed E-state index contributed by atoms with van der Waals surface area (Å²) >= 11 is 0. The molecule has 0 unspecified atom stereocenters. The molecule has 134 valence electrons. The lowest BCUT2D eigenvalue weighted by Crippen LogP contribution is -2.24. The monoisotopic (exact) mass is 349 g/mol. The Morgan fingerprint density at radius 2 is 1.85 bits per heavy atom. The SMILES string of the molecule is CN(CCOc1ccccc1)Cc1cc(=O)oc2cc3c(cc12)CCC3. The fraction of sp³-hybridized carbons (Fsp3) is 0.318. The highest BCUT2D eigenvalue weighted by atomic mass is 16.5. The zero-order chi connectivity index (χ0) is 17.9. The predicted molar refractivity (Wildman–Crippen MR) is 103 cm³/mol. The van der Waals surface area contributed by atoms with Gasteiger partial charge in [-0.1, -0.05) is 18.2 Å². The van der Waals surface area contributed by atoms with Crippen LogP contribution in [-0.4, -0.2) is 25.1 Å². The van der Waals surface area contributed by atoms with Crippen LogP contribution in [0.5, 0.6) is 5.75 Å². The molecule has 0 spiro atoms. The van der Waals surface area contributed by atoms with Gasteiger partial charge < -0.3 is 9.15 Å². The van der Waals surface area contributed by atoms with Crippen molar-refractivity contribution in [3.63, 3.8) is 0 Å². The number of hydrogen-bond donors (Lipinski definition) is 0. The van der Waals surface area contributed by atoms with E-state index in [4.69, 9.17) is 9.15 Å². The predicted octanol–water partition coefficient (Wildman–Crippen LogP) is 3.79. The molecule has 0 aliphatic heterocycles. The first-order valence-corrected chi connectivity index (χ1v) is 9.14. The maximum atomic E-state index is 12.0. The van der Waals surface area contributed by atoms with Gasteiger partial charge in [-0.3, -0.25) is 4.90 Å². The van der Waals surface area contributed by atoms with Gasteiger partial charge in [-0.05, 0) is 67.3 Å². The second-order valence-corrected chi connectivity index (χ2v) is 6.96. The van der Waals surface area contributed by atoms with E-state index in [0.29, 0.717) is 18.7 Å². The smallest absolute Gasteiger partial charge is 0.336 e. The molecule has 0 radical (unpaired) electrons. The fourth-order valence-electron chi connectivity index (χ4n) is 3.63. The van der Waals surface area contributed by atoms with E-state index in [1.807, 2.05) is 37.4 Å². The van der Waals surface area contributed by atoms with Gasteiger partial charge >= 0.3 is 5.63 Å². The first kappa shape index (κ1) is 16.9. The number of benzene rings is 2. The van der Waals surface area contributed by atoms with Gasteiger partial charge in [0.2, 0.25) is 0 Å². The summed E-state index contributed by atoms with van der Waals surface area (Å²) in [5.74, 6) is 0.877. The summed E-state index contributed by atoms with van der Waals surface area (Å²) in [6, 6.07) is 15.7. The molecular weight excluding hydrogens is 326 g/mol. The molecule has 0 atom stereocenters. The Bertz CT molecular complexity index is 962. The maximum Gasteiger partial charge on any atom is 0.336 e. The van der Waals surface area contributed by atoms with E-state index in [-0.39, 0.29) is 5.63 Å². The first-order valence-electron chi connectivity index (χ1n) is 9.14. The number of rotatable bonds is 6. The molecule has 0 fully saturated rings. The summed E-state index contributed by atoms with van der Waals surface area (Å²) in [4.78, 5) is 14.1.